The van der Waals surface area contributed by atoms with Crippen LogP contribution in [0.4, 0.5) is 0 Å². The molecule has 0 atom stereocenters. The Balaban J connectivity index is 0.000000217. The van der Waals surface area contributed by atoms with E-state index in [1.165, 1.54) is 54.9 Å². The van der Waals surface area contributed by atoms with E-state index < -0.39 is 0 Å². The van der Waals surface area contributed by atoms with E-state index in [4.69, 9.17) is 0 Å². The van der Waals surface area contributed by atoms with Crippen LogP contribution in [0.3, 0.4) is 0 Å². The fourth-order valence-electron chi connectivity index (χ4n) is 14.7. The largest absolute Gasteiger partial charge is 0.505 e. The predicted octanol–water partition coefficient (Wildman–Crippen LogP) is 28.1. The van der Waals surface area contributed by atoms with Gasteiger partial charge in [0.05, 0.1) is 33.4 Å². The van der Waals surface area contributed by atoms with Crippen LogP contribution in [-0.2, 0) is 58.3 Å². The predicted molar refractivity (Wildman–Crippen MR) is 450 cm³/mol. The molecule has 0 radical (unpaired) electrons. The molecule has 7 heteroatoms. The van der Waals surface area contributed by atoms with E-state index in [2.05, 4.69) is 333 Å². The number of rotatable bonds is 10. The Morgan fingerprint density at radius 2 is 0.553 bits per heavy atom. The molecule has 0 fully saturated rings. The first-order valence-corrected chi connectivity index (χ1v) is 38.8. The maximum absolute atomic E-state index is 12.4. The number of phenols is 2. The van der Waals surface area contributed by atoms with Crippen molar-refractivity contribution in [2.24, 2.45) is 10.8 Å². The van der Waals surface area contributed by atoms with Crippen molar-refractivity contribution >= 4 is 67.1 Å². The Bertz CT molecular complexity index is 4470. The van der Waals surface area contributed by atoms with Gasteiger partial charge in [-0.2, -0.15) is 49.2 Å². The van der Waals surface area contributed by atoms with Crippen molar-refractivity contribution in [3.63, 3.8) is 0 Å². The maximum atomic E-state index is 12.4. The molecule has 0 saturated carbocycles. The van der Waals surface area contributed by atoms with Crippen LogP contribution in [0, 0.1) is 24.7 Å². The smallest absolute Gasteiger partial charge is 0.147 e. The summed E-state index contributed by atoms with van der Waals surface area (Å²) in [5.74, 6) is 0.644. The molecule has 0 bridgehead atoms. The molecule has 0 spiro atoms. The van der Waals surface area contributed by atoms with Crippen LogP contribution in [0.15, 0.2) is 216 Å². The second kappa shape index (κ2) is 31.4. The van der Waals surface area contributed by atoms with E-state index in [-0.39, 0.29) is 69.2 Å². The monoisotopic (exact) mass is 1570 g/mol. The topological polar surface area (TPSA) is 50.3 Å². The summed E-state index contributed by atoms with van der Waals surface area (Å²) in [6.45, 7) is 57.9. The Kier molecular flexibility index (Phi) is 24.8. The normalized spacial score (nSPS) is 12.5. The molecule has 2 heterocycles. The van der Waals surface area contributed by atoms with E-state index in [9.17, 15) is 10.2 Å². The van der Waals surface area contributed by atoms with E-state index in [0.717, 1.165) is 89.5 Å². The third-order valence-corrected chi connectivity index (χ3v) is 21.2. The first-order valence-electron chi connectivity index (χ1n) is 36.4. The summed E-state index contributed by atoms with van der Waals surface area (Å²) >= 11 is 3.44. The molecule has 540 valence electrons. The standard InChI is InChI=1S/2C41H51NOS.2C7H7.Hf/c2*1-38(2,3)25-41(10,11)28-21-32(31-15-13-14-16-36(31)44-12)37(43)35(24-28)42-33-22-26(39(4,5)6)17-19-29(33)30-20-18-27(23-34(30)42)40(7,8)9;2*1-7-5-3-2-4-6-7;/h2*13-24,43H,25H2,1-12H3;2*2-6H,1H2;/q;;2*-1;. The van der Waals surface area contributed by atoms with Crippen LogP contribution >= 0.6 is 23.5 Å². The number of fused-ring (bicyclic) bond motifs is 6. The first-order chi connectivity index (χ1) is 47.4. The van der Waals surface area contributed by atoms with Crippen LogP contribution in [0.2, 0.25) is 0 Å². The van der Waals surface area contributed by atoms with Gasteiger partial charge in [0, 0.05) is 68.3 Å². The number of hydrogen-bond acceptors (Lipinski definition) is 4. The summed E-state index contributed by atoms with van der Waals surface area (Å²) in [6, 6.07) is 73.2. The summed E-state index contributed by atoms with van der Waals surface area (Å²) in [4.78, 5) is 2.32. The zero-order chi connectivity index (χ0) is 75.0. The second-order valence-electron chi connectivity index (χ2n) is 36.0. The molecular weight excluding hydrogens is 1460 g/mol. The summed E-state index contributed by atoms with van der Waals surface area (Å²) in [7, 11) is 0. The number of nitrogens with zero attached hydrogens (tertiary/aromatic N) is 2. The molecule has 12 rings (SSSR count). The summed E-state index contributed by atoms with van der Waals surface area (Å²) in [6.07, 6.45) is 6.26. The van der Waals surface area contributed by atoms with Crippen LogP contribution in [0.5, 0.6) is 11.5 Å². The molecule has 10 aromatic carbocycles. The molecule has 0 unspecified atom stereocenters. The molecule has 0 aliphatic heterocycles. The number of phenolic OH excluding ortho intramolecular Hbond substituents is 2. The summed E-state index contributed by atoms with van der Waals surface area (Å²) < 4.78 is 4.68. The quantitative estimate of drug-likeness (QED) is 0.0814. The number of thioether (sulfide) groups is 2. The van der Waals surface area contributed by atoms with E-state index >= 15 is 0 Å². The Morgan fingerprint density at radius 1 is 0.301 bits per heavy atom. The summed E-state index contributed by atoms with van der Waals surface area (Å²) in [5.41, 5.74) is 19.9. The number of aromatic nitrogens is 2. The zero-order valence-electron chi connectivity index (χ0n) is 66.6. The first kappa shape index (κ1) is 81.4. The average molecular weight is 1570 g/mol. The van der Waals surface area contributed by atoms with Crippen molar-refractivity contribution < 1.29 is 36.1 Å². The zero-order valence-corrected chi connectivity index (χ0v) is 71.8. The molecule has 2 N–H and O–H groups in total. The van der Waals surface area contributed by atoms with Gasteiger partial charge in [-0.1, -0.05) is 249 Å². The fraction of sp³-hybridized carbons (Fsp3) is 0.354. The van der Waals surface area contributed by atoms with Gasteiger partial charge in [-0.15, -0.1) is 47.8 Å². The van der Waals surface area contributed by atoms with Gasteiger partial charge in [0.25, 0.3) is 0 Å². The van der Waals surface area contributed by atoms with E-state index in [1.54, 1.807) is 23.5 Å². The Hall–Kier alpha value is -7.29. The van der Waals surface area contributed by atoms with Crippen molar-refractivity contribution in [2.75, 3.05) is 12.5 Å². The van der Waals surface area contributed by atoms with Crippen molar-refractivity contribution in [2.45, 2.75) is 207 Å². The molecule has 12 aromatic rings. The molecule has 0 aliphatic rings. The second-order valence-corrected chi connectivity index (χ2v) is 37.7. The van der Waals surface area contributed by atoms with Crippen molar-refractivity contribution in [1.29, 1.82) is 0 Å². The number of hydrogen-bond donors (Lipinski definition) is 2. The van der Waals surface area contributed by atoms with Gasteiger partial charge < -0.3 is 19.3 Å². The van der Waals surface area contributed by atoms with Crippen molar-refractivity contribution in [3.8, 4) is 45.1 Å². The minimum atomic E-state index is -0.115. The van der Waals surface area contributed by atoms with E-state index in [1.807, 2.05) is 60.7 Å². The van der Waals surface area contributed by atoms with Gasteiger partial charge >= 0.3 is 0 Å². The number of benzene rings is 10. The van der Waals surface area contributed by atoms with E-state index in [0.29, 0.717) is 11.5 Å². The van der Waals surface area contributed by atoms with Gasteiger partial charge in [0.15, 0.2) is 0 Å². The minimum absolute atomic E-state index is 0. The Morgan fingerprint density at radius 3 is 0.777 bits per heavy atom. The summed E-state index contributed by atoms with van der Waals surface area (Å²) in [5, 5.41) is 29.6. The van der Waals surface area contributed by atoms with Gasteiger partial charge in [-0.05, 0) is 174 Å². The number of aromatic hydroxyl groups is 2. The minimum Gasteiger partial charge on any atom is -0.505 e. The SMILES string of the molecule is CSc1ccccc1-c1cc(C(C)(C)CC(C)(C)C)cc(-n2c3cc(C(C)(C)C)ccc3c3ccc(C(C)(C)C)cc32)c1O.CSc1ccccc1-c1cc(C(C)(C)CC(C)(C)C)cc(-n2c3cc(C(C)(C)C)ccc3c3ccc(C(C)(C)C)cc32)c1O.[CH2-]c1ccccc1.[CH2-]c1ccccc1.[Hf]. The maximum Gasteiger partial charge on any atom is 0.147 e. The van der Waals surface area contributed by atoms with Crippen LogP contribution in [-0.4, -0.2) is 31.9 Å². The molecule has 2 aromatic heterocycles. The Labute approximate surface area is 647 Å². The van der Waals surface area contributed by atoms with Crippen molar-refractivity contribution in [3.05, 3.63) is 265 Å². The van der Waals surface area contributed by atoms with Gasteiger partial charge in [0.1, 0.15) is 11.5 Å². The molecule has 4 nitrogen and oxygen atoms in total. The molecule has 103 heavy (non-hydrogen) atoms. The van der Waals surface area contributed by atoms with Crippen LogP contribution in [0.1, 0.15) is 210 Å². The molecule has 0 saturated heterocycles. The van der Waals surface area contributed by atoms with Gasteiger partial charge in [-0.25, -0.2) is 0 Å². The third kappa shape index (κ3) is 19.1. The average Bonchev–Trinajstić information content (AvgIpc) is 1.62. The van der Waals surface area contributed by atoms with Crippen LogP contribution in [0.25, 0.3) is 77.2 Å². The third-order valence-electron chi connectivity index (χ3n) is 19.6. The van der Waals surface area contributed by atoms with Crippen LogP contribution < -0.4 is 0 Å². The molecular formula is C96H116HfN2O2S2-2. The molecule has 0 aliphatic carbocycles. The molecule has 0 amide bonds. The van der Waals surface area contributed by atoms with Crippen molar-refractivity contribution in [1.82, 2.24) is 9.13 Å². The van der Waals surface area contributed by atoms with Gasteiger partial charge in [-0.3, -0.25) is 0 Å². The van der Waals surface area contributed by atoms with Gasteiger partial charge in [0.2, 0.25) is 0 Å². The fourth-order valence-corrected chi connectivity index (χ4v) is 16.0.